The standard InChI is InChI=1S/C19H19N3O6/c1-3-27-15-9-8-12(10-14(15)22(25)26)19(24)21-11-17(18(23)20-2)28-16-7-5-4-6-13(16)21/h4-10,17H,3,11H2,1-2H3,(H,20,23)/t17-/m0/s1. The van der Waals surface area contributed by atoms with Crippen molar-refractivity contribution >= 4 is 23.2 Å². The third-order valence-corrected chi connectivity index (χ3v) is 4.26. The molecular formula is C19H19N3O6. The summed E-state index contributed by atoms with van der Waals surface area (Å²) in [7, 11) is 1.48. The summed E-state index contributed by atoms with van der Waals surface area (Å²) in [6.45, 7) is 1.96. The number of ether oxygens (including phenoxy) is 2. The molecule has 1 heterocycles. The van der Waals surface area contributed by atoms with Crippen LogP contribution in [0.25, 0.3) is 0 Å². The summed E-state index contributed by atoms with van der Waals surface area (Å²) in [6, 6.07) is 10.9. The second kappa shape index (κ2) is 7.95. The van der Waals surface area contributed by atoms with Gasteiger partial charge in [0.25, 0.3) is 11.8 Å². The van der Waals surface area contributed by atoms with E-state index < -0.39 is 16.9 Å². The fraction of sp³-hybridized carbons (Fsp3) is 0.263. The first kappa shape index (κ1) is 19.2. The second-order valence-corrected chi connectivity index (χ2v) is 5.98. The van der Waals surface area contributed by atoms with Gasteiger partial charge in [-0.1, -0.05) is 12.1 Å². The molecule has 0 aliphatic carbocycles. The van der Waals surface area contributed by atoms with Crippen LogP contribution in [0.4, 0.5) is 11.4 Å². The largest absolute Gasteiger partial charge is 0.487 e. The van der Waals surface area contributed by atoms with Crippen LogP contribution in [0.1, 0.15) is 17.3 Å². The van der Waals surface area contributed by atoms with E-state index in [1.807, 2.05) is 0 Å². The molecule has 1 aliphatic rings. The number of benzene rings is 2. The molecule has 1 atom stereocenters. The van der Waals surface area contributed by atoms with Crippen LogP contribution in [-0.4, -0.2) is 43.0 Å². The maximum atomic E-state index is 13.1. The lowest BCUT2D eigenvalue weighted by molar-refractivity contribution is -0.385. The van der Waals surface area contributed by atoms with Crippen LogP contribution >= 0.6 is 0 Å². The van der Waals surface area contributed by atoms with Crippen LogP contribution in [0.5, 0.6) is 11.5 Å². The van der Waals surface area contributed by atoms with Crippen LogP contribution in [0, 0.1) is 10.1 Å². The Morgan fingerprint density at radius 1 is 1.32 bits per heavy atom. The number of carbonyl (C=O) groups excluding carboxylic acids is 2. The van der Waals surface area contributed by atoms with Gasteiger partial charge in [0, 0.05) is 18.7 Å². The summed E-state index contributed by atoms with van der Waals surface area (Å²) in [5.74, 6) is -0.369. The highest BCUT2D eigenvalue weighted by Gasteiger charge is 2.34. The van der Waals surface area contributed by atoms with Gasteiger partial charge < -0.3 is 19.7 Å². The third-order valence-electron chi connectivity index (χ3n) is 4.26. The number of para-hydroxylation sites is 2. The maximum Gasteiger partial charge on any atom is 0.311 e. The number of carbonyl (C=O) groups is 2. The highest BCUT2D eigenvalue weighted by Crippen LogP contribution is 2.35. The molecule has 0 unspecified atom stereocenters. The highest BCUT2D eigenvalue weighted by atomic mass is 16.6. The van der Waals surface area contributed by atoms with Gasteiger partial charge in [0.2, 0.25) is 0 Å². The predicted octanol–water partition coefficient (Wildman–Crippen LogP) is 2.15. The molecule has 0 saturated heterocycles. The van der Waals surface area contributed by atoms with E-state index in [4.69, 9.17) is 9.47 Å². The van der Waals surface area contributed by atoms with Gasteiger partial charge in [-0.2, -0.15) is 0 Å². The molecule has 0 bridgehead atoms. The van der Waals surface area contributed by atoms with Crippen LogP contribution in [0.3, 0.4) is 0 Å². The van der Waals surface area contributed by atoms with Gasteiger partial charge in [-0.15, -0.1) is 0 Å². The molecule has 0 spiro atoms. The molecule has 28 heavy (non-hydrogen) atoms. The molecule has 2 aromatic rings. The molecule has 146 valence electrons. The Morgan fingerprint density at radius 3 is 2.75 bits per heavy atom. The first-order valence-electron chi connectivity index (χ1n) is 8.66. The number of nitro groups is 1. The molecule has 9 nitrogen and oxygen atoms in total. The average molecular weight is 385 g/mol. The first-order chi connectivity index (χ1) is 13.5. The number of hydrogen-bond donors (Lipinski definition) is 1. The SMILES string of the molecule is CCOc1ccc(C(=O)N2C[C@@H](C(=O)NC)Oc3ccccc32)cc1[N+](=O)[O-]. The fourth-order valence-corrected chi connectivity index (χ4v) is 2.95. The number of likely N-dealkylation sites (N-methyl/N-ethyl adjacent to an activating group) is 1. The number of nitrogens with zero attached hydrogens (tertiary/aromatic N) is 2. The lowest BCUT2D eigenvalue weighted by Gasteiger charge is -2.34. The summed E-state index contributed by atoms with van der Waals surface area (Å²) in [6.07, 6.45) is -0.887. The Balaban J connectivity index is 2.00. The predicted molar refractivity (Wildman–Crippen MR) is 101 cm³/mol. The molecule has 0 aromatic heterocycles. The third kappa shape index (κ3) is 3.59. The highest BCUT2D eigenvalue weighted by molar-refractivity contribution is 6.08. The van der Waals surface area contributed by atoms with Crippen LogP contribution in [0.15, 0.2) is 42.5 Å². The van der Waals surface area contributed by atoms with Gasteiger partial charge in [0.15, 0.2) is 11.9 Å². The van der Waals surface area contributed by atoms with E-state index in [0.717, 1.165) is 0 Å². The van der Waals surface area contributed by atoms with Crippen molar-refractivity contribution in [2.75, 3.05) is 25.1 Å². The summed E-state index contributed by atoms with van der Waals surface area (Å²) in [5, 5.41) is 13.9. The van der Waals surface area contributed by atoms with Gasteiger partial charge in [-0.3, -0.25) is 19.7 Å². The average Bonchev–Trinajstić information content (AvgIpc) is 2.72. The molecule has 0 fully saturated rings. The van der Waals surface area contributed by atoms with Crippen molar-refractivity contribution in [2.24, 2.45) is 0 Å². The fourth-order valence-electron chi connectivity index (χ4n) is 2.95. The van der Waals surface area contributed by atoms with Crippen molar-refractivity contribution < 1.29 is 24.0 Å². The van der Waals surface area contributed by atoms with Gasteiger partial charge in [-0.25, -0.2) is 0 Å². The van der Waals surface area contributed by atoms with Crippen LogP contribution < -0.4 is 19.7 Å². The van der Waals surface area contributed by atoms with E-state index in [9.17, 15) is 19.7 Å². The lowest BCUT2D eigenvalue weighted by atomic mass is 10.1. The Bertz CT molecular complexity index is 930. The normalized spacial score (nSPS) is 15.2. The lowest BCUT2D eigenvalue weighted by Crippen LogP contribution is -2.50. The molecule has 0 saturated carbocycles. The summed E-state index contributed by atoms with van der Waals surface area (Å²) in [4.78, 5) is 37.3. The Labute approximate surface area is 161 Å². The smallest absolute Gasteiger partial charge is 0.311 e. The van der Waals surface area contributed by atoms with Crippen molar-refractivity contribution in [1.82, 2.24) is 5.32 Å². The second-order valence-electron chi connectivity index (χ2n) is 5.98. The Hall–Kier alpha value is -3.62. The van der Waals surface area contributed by atoms with Crippen molar-refractivity contribution in [3.63, 3.8) is 0 Å². The molecule has 2 aromatic carbocycles. The van der Waals surface area contributed by atoms with Gasteiger partial charge in [0.05, 0.1) is 23.8 Å². The number of nitro benzene ring substituents is 1. The number of amides is 2. The van der Waals surface area contributed by atoms with Gasteiger partial charge in [-0.05, 0) is 31.2 Å². The van der Waals surface area contributed by atoms with Gasteiger partial charge in [0.1, 0.15) is 5.75 Å². The zero-order valence-corrected chi connectivity index (χ0v) is 15.4. The topological polar surface area (TPSA) is 111 Å². The monoisotopic (exact) mass is 385 g/mol. The minimum atomic E-state index is -0.887. The molecule has 1 aliphatic heterocycles. The van der Waals surface area contributed by atoms with E-state index in [0.29, 0.717) is 11.4 Å². The number of anilines is 1. The number of fused-ring (bicyclic) bond motifs is 1. The van der Waals surface area contributed by atoms with Crippen molar-refractivity contribution in [3.05, 3.63) is 58.1 Å². The molecule has 3 rings (SSSR count). The van der Waals surface area contributed by atoms with Crippen molar-refractivity contribution in [3.8, 4) is 11.5 Å². The maximum absolute atomic E-state index is 13.1. The van der Waals surface area contributed by atoms with E-state index in [1.54, 1.807) is 31.2 Å². The van der Waals surface area contributed by atoms with E-state index in [1.165, 1.54) is 30.1 Å². The quantitative estimate of drug-likeness (QED) is 0.624. The zero-order valence-electron chi connectivity index (χ0n) is 15.4. The summed E-state index contributed by atoms with van der Waals surface area (Å²) < 4.78 is 10.9. The molecule has 9 heteroatoms. The summed E-state index contributed by atoms with van der Waals surface area (Å²) >= 11 is 0. The van der Waals surface area contributed by atoms with Crippen LogP contribution in [-0.2, 0) is 4.79 Å². The van der Waals surface area contributed by atoms with Crippen molar-refractivity contribution in [2.45, 2.75) is 13.0 Å². The zero-order chi connectivity index (χ0) is 20.3. The minimum Gasteiger partial charge on any atom is -0.487 e. The van der Waals surface area contributed by atoms with E-state index >= 15 is 0 Å². The molecule has 1 N–H and O–H groups in total. The Kier molecular flexibility index (Phi) is 5.44. The number of nitrogens with one attached hydrogen (secondary N) is 1. The summed E-state index contributed by atoms with van der Waals surface area (Å²) in [5.41, 5.74) is 0.309. The molecule has 0 radical (unpaired) electrons. The molecular weight excluding hydrogens is 366 g/mol. The number of hydrogen-bond acceptors (Lipinski definition) is 6. The Morgan fingerprint density at radius 2 is 2.07 bits per heavy atom. The van der Waals surface area contributed by atoms with E-state index in [2.05, 4.69) is 5.32 Å². The minimum absolute atomic E-state index is 0.0173. The van der Waals surface area contributed by atoms with Gasteiger partial charge >= 0.3 is 5.69 Å². The molecule has 2 amide bonds. The number of rotatable bonds is 5. The first-order valence-corrected chi connectivity index (χ1v) is 8.66. The van der Waals surface area contributed by atoms with Crippen LogP contribution in [0.2, 0.25) is 0 Å². The van der Waals surface area contributed by atoms with E-state index in [-0.39, 0.29) is 36.1 Å². The van der Waals surface area contributed by atoms with Crippen molar-refractivity contribution in [1.29, 1.82) is 0 Å².